The van der Waals surface area contributed by atoms with Gasteiger partial charge in [-0.25, -0.2) is 8.42 Å². The summed E-state index contributed by atoms with van der Waals surface area (Å²) < 4.78 is 35.4. The van der Waals surface area contributed by atoms with Crippen molar-refractivity contribution in [1.82, 2.24) is 8.87 Å². The highest BCUT2D eigenvalue weighted by Crippen LogP contribution is 2.31. The number of esters is 1. The third-order valence-corrected chi connectivity index (χ3v) is 10.2. The van der Waals surface area contributed by atoms with Crippen LogP contribution in [0.3, 0.4) is 0 Å². The van der Waals surface area contributed by atoms with E-state index in [4.69, 9.17) is 16.3 Å². The topological polar surface area (TPSA) is 98.0 Å². The molecular weight excluding hydrogens is 518 g/mol. The van der Waals surface area contributed by atoms with Gasteiger partial charge >= 0.3 is 5.97 Å². The van der Waals surface area contributed by atoms with Gasteiger partial charge in [-0.1, -0.05) is 29.0 Å². The highest BCUT2D eigenvalue weighted by atomic mass is 35.5. The average molecular weight is 542 g/mol. The Hall–Kier alpha value is -2.05. The van der Waals surface area contributed by atoms with Crippen molar-refractivity contribution in [2.24, 2.45) is 10.9 Å². The van der Waals surface area contributed by atoms with E-state index >= 15 is 0 Å². The second kappa shape index (κ2) is 10.3. The van der Waals surface area contributed by atoms with Gasteiger partial charge < -0.3 is 9.30 Å². The number of rotatable bonds is 6. The van der Waals surface area contributed by atoms with Crippen LogP contribution in [-0.4, -0.2) is 48.9 Å². The molecule has 0 atom stereocenters. The fourth-order valence-electron chi connectivity index (χ4n) is 3.85. The third-order valence-electron chi connectivity index (χ3n) is 5.58. The number of aryl methyl sites for hydroxylation is 1. The Morgan fingerprint density at radius 2 is 1.91 bits per heavy atom. The van der Waals surface area contributed by atoms with Gasteiger partial charge in [0.25, 0.3) is 15.9 Å². The summed E-state index contributed by atoms with van der Waals surface area (Å²) in [6, 6.07) is 8.90. The van der Waals surface area contributed by atoms with E-state index in [9.17, 15) is 18.0 Å². The number of hydrogen-bond acceptors (Lipinski definition) is 7. The monoisotopic (exact) mass is 541 g/mol. The molecule has 182 valence electrons. The fraction of sp³-hybridized carbons (Fsp3) is 0.409. The van der Waals surface area contributed by atoms with Crippen molar-refractivity contribution in [1.29, 1.82) is 0 Å². The molecule has 0 bridgehead atoms. The molecule has 0 N–H and O–H groups in total. The number of carbonyl (C=O) groups excluding carboxylic acids is 2. The molecule has 1 saturated heterocycles. The summed E-state index contributed by atoms with van der Waals surface area (Å²) in [6.45, 7) is 4.42. The zero-order valence-corrected chi connectivity index (χ0v) is 21.9. The number of nitrogens with zero attached hydrogens (tertiary/aromatic N) is 3. The summed E-state index contributed by atoms with van der Waals surface area (Å²) in [5.41, 5.74) is 1.88. The highest BCUT2D eigenvalue weighted by molar-refractivity contribution is 7.91. The Morgan fingerprint density at radius 1 is 1.18 bits per heavy atom. The Balaban J connectivity index is 1.55. The normalized spacial score (nSPS) is 16.3. The molecule has 1 amide bonds. The molecule has 3 heterocycles. The van der Waals surface area contributed by atoms with Gasteiger partial charge in [-0.3, -0.25) is 9.59 Å². The van der Waals surface area contributed by atoms with E-state index in [1.807, 2.05) is 25.1 Å². The van der Waals surface area contributed by atoms with Crippen molar-refractivity contribution in [3.05, 3.63) is 45.0 Å². The molecule has 2 aromatic heterocycles. The molecule has 1 fully saturated rings. The molecule has 0 saturated carbocycles. The molecule has 0 spiro atoms. The Morgan fingerprint density at radius 3 is 2.56 bits per heavy atom. The number of halogens is 1. The van der Waals surface area contributed by atoms with Gasteiger partial charge in [0.2, 0.25) is 0 Å². The number of hydrogen-bond donors (Lipinski definition) is 0. The van der Waals surface area contributed by atoms with Crippen LogP contribution >= 0.6 is 34.3 Å². The van der Waals surface area contributed by atoms with E-state index < -0.39 is 16.0 Å². The lowest BCUT2D eigenvalue weighted by Crippen LogP contribution is -2.40. The van der Waals surface area contributed by atoms with E-state index in [-0.39, 0.29) is 42.3 Å². The first-order valence-corrected chi connectivity index (χ1v) is 14.2. The maximum Gasteiger partial charge on any atom is 0.326 e. The number of benzene rings is 1. The van der Waals surface area contributed by atoms with E-state index in [2.05, 4.69) is 4.99 Å². The van der Waals surface area contributed by atoms with Crippen molar-refractivity contribution in [3.63, 3.8) is 0 Å². The average Bonchev–Trinajstić information content (AvgIpc) is 3.38. The van der Waals surface area contributed by atoms with Gasteiger partial charge in [-0.15, -0.1) is 11.3 Å². The molecule has 4 rings (SSSR count). The van der Waals surface area contributed by atoms with E-state index in [0.717, 1.165) is 27.1 Å². The predicted molar refractivity (Wildman–Crippen MR) is 133 cm³/mol. The number of aromatic nitrogens is 1. The van der Waals surface area contributed by atoms with Crippen molar-refractivity contribution >= 4 is 66.4 Å². The summed E-state index contributed by atoms with van der Waals surface area (Å²) in [6.07, 6.45) is 0.755. The number of ether oxygens (including phenoxy) is 1. The van der Waals surface area contributed by atoms with Crippen LogP contribution in [-0.2, 0) is 30.9 Å². The molecule has 1 aliphatic heterocycles. The smallest absolute Gasteiger partial charge is 0.326 e. The van der Waals surface area contributed by atoms with Gasteiger partial charge in [0.05, 0.1) is 21.2 Å². The quantitative estimate of drug-likeness (QED) is 0.442. The van der Waals surface area contributed by atoms with Crippen molar-refractivity contribution < 1.29 is 22.7 Å². The summed E-state index contributed by atoms with van der Waals surface area (Å²) in [4.78, 5) is 30.0. The SMILES string of the molecule is CCOC(=O)Cn1c(=NC(=O)C2CCN(S(=O)(=O)c3ccc(Cl)s3)CC2)sc2cc(C)ccc21. The van der Waals surface area contributed by atoms with Crippen LogP contribution in [0.25, 0.3) is 10.2 Å². The van der Waals surface area contributed by atoms with Gasteiger partial charge in [0, 0.05) is 19.0 Å². The Kier molecular flexibility index (Phi) is 7.58. The van der Waals surface area contributed by atoms with Gasteiger partial charge in [-0.05, 0) is 56.5 Å². The highest BCUT2D eigenvalue weighted by Gasteiger charge is 2.33. The zero-order valence-electron chi connectivity index (χ0n) is 18.7. The fourth-order valence-corrected chi connectivity index (χ4v) is 8.09. The molecule has 1 aliphatic rings. The molecule has 1 aromatic carbocycles. The Bertz CT molecular complexity index is 1400. The number of fused-ring (bicyclic) bond motifs is 1. The van der Waals surface area contributed by atoms with Crippen LogP contribution in [0.5, 0.6) is 0 Å². The van der Waals surface area contributed by atoms with Gasteiger partial charge in [0.15, 0.2) is 4.80 Å². The maximum atomic E-state index is 13.0. The minimum absolute atomic E-state index is 0.0386. The van der Waals surface area contributed by atoms with Crippen LogP contribution in [0.1, 0.15) is 25.3 Å². The molecule has 12 heteroatoms. The number of sulfonamides is 1. The summed E-state index contributed by atoms with van der Waals surface area (Å²) in [7, 11) is -3.62. The van der Waals surface area contributed by atoms with Gasteiger partial charge in [0.1, 0.15) is 10.8 Å². The third kappa shape index (κ3) is 5.28. The number of thiazole rings is 1. The number of thiophene rings is 1. The minimum atomic E-state index is -3.62. The lowest BCUT2D eigenvalue weighted by atomic mass is 9.98. The first kappa shape index (κ1) is 25.1. The van der Waals surface area contributed by atoms with Crippen LogP contribution in [0.4, 0.5) is 0 Å². The molecule has 0 radical (unpaired) electrons. The van der Waals surface area contributed by atoms with Crippen LogP contribution in [0.15, 0.2) is 39.5 Å². The molecule has 0 unspecified atom stereocenters. The number of carbonyl (C=O) groups is 2. The summed E-state index contributed by atoms with van der Waals surface area (Å²) >= 11 is 8.26. The second-order valence-electron chi connectivity index (χ2n) is 7.93. The minimum Gasteiger partial charge on any atom is -0.465 e. The number of piperidine rings is 1. The molecule has 34 heavy (non-hydrogen) atoms. The standard InChI is InChI=1S/C22H24ClN3O5S3/c1-3-31-19(27)13-26-16-5-4-14(2)12-17(16)32-22(26)24-21(28)15-8-10-25(11-9-15)34(29,30)20-7-6-18(23)33-20/h4-7,12,15H,3,8-11,13H2,1-2H3. The maximum absolute atomic E-state index is 13.0. The number of amides is 1. The first-order chi connectivity index (χ1) is 16.2. The largest absolute Gasteiger partial charge is 0.465 e. The summed E-state index contributed by atoms with van der Waals surface area (Å²) in [5, 5.41) is 0. The molecule has 3 aromatic rings. The summed E-state index contributed by atoms with van der Waals surface area (Å²) in [5.74, 6) is -1.10. The van der Waals surface area contributed by atoms with Crippen LogP contribution in [0, 0.1) is 12.8 Å². The predicted octanol–water partition coefficient (Wildman–Crippen LogP) is 3.82. The van der Waals surface area contributed by atoms with E-state index in [1.54, 1.807) is 17.6 Å². The van der Waals surface area contributed by atoms with E-state index in [0.29, 0.717) is 22.0 Å². The van der Waals surface area contributed by atoms with Crippen molar-refractivity contribution in [2.75, 3.05) is 19.7 Å². The second-order valence-corrected chi connectivity index (χ2v) is 12.8. The van der Waals surface area contributed by atoms with Crippen molar-refractivity contribution in [2.45, 2.75) is 37.4 Å². The zero-order chi connectivity index (χ0) is 24.5. The molecular formula is C22H24ClN3O5S3. The van der Waals surface area contributed by atoms with E-state index in [1.165, 1.54) is 21.7 Å². The molecule has 0 aliphatic carbocycles. The lowest BCUT2D eigenvalue weighted by molar-refractivity contribution is -0.143. The van der Waals surface area contributed by atoms with Crippen LogP contribution < -0.4 is 4.80 Å². The lowest BCUT2D eigenvalue weighted by Gasteiger charge is -2.29. The van der Waals surface area contributed by atoms with Crippen molar-refractivity contribution in [3.8, 4) is 0 Å². The van der Waals surface area contributed by atoms with Crippen LogP contribution in [0.2, 0.25) is 4.34 Å². The molecule has 8 nitrogen and oxygen atoms in total. The van der Waals surface area contributed by atoms with Gasteiger partial charge in [-0.2, -0.15) is 9.30 Å². The first-order valence-electron chi connectivity index (χ1n) is 10.8. The Labute approximate surface area is 210 Å².